The van der Waals surface area contributed by atoms with E-state index in [1.165, 1.54) is 16.4 Å². The molecule has 18 heavy (non-hydrogen) atoms. The molecule has 1 fully saturated rings. The van der Waals surface area contributed by atoms with Crippen molar-refractivity contribution in [2.24, 2.45) is 0 Å². The molecule has 1 aromatic carbocycles. The first kappa shape index (κ1) is 13.3. The molecule has 6 heteroatoms. The summed E-state index contributed by atoms with van der Waals surface area (Å²) in [7, 11) is -3.65. The van der Waals surface area contributed by atoms with Crippen molar-refractivity contribution in [2.45, 2.75) is 24.3 Å². The van der Waals surface area contributed by atoms with Gasteiger partial charge in [0.15, 0.2) is 0 Å². The maximum absolute atomic E-state index is 12.4. The number of rotatable bonds is 2. The average molecular weight is 271 g/mol. The first-order valence-corrected chi connectivity index (χ1v) is 7.35. The topological polar surface area (TPSA) is 66.8 Å². The molecular weight excluding hydrogens is 254 g/mol. The van der Waals surface area contributed by atoms with E-state index in [2.05, 4.69) is 0 Å². The minimum absolute atomic E-state index is 0.0425. The minimum atomic E-state index is -3.65. The quantitative estimate of drug-likeness (QED) is 0.877. The predicted octanol–water partition coefficient (Wildman–Crippen LogP) is 1.19. The molecule has 1 saturated heterocycles. The van der Waals surface area contributed by atoms with E-state index >= 15 is 0 Å². The van der Waals surface area contributed by atoms with Gasteiger partial charge in [0.25, 0.3) is 0 Å². The van der Waals surface area contributed by atoms with Crippen molar-refractivity contribution in [3.63, 3.8) is 0 Å². The van der Waals surface area contributed by atoms with Crippen LogP contribution in [0, 0.1) is 0 Å². The van der Waals surface area contributed by atoms with Crippen LogP contribution in [0.1, 0.15) is 13.3 Å². The molecule has 0 bridgehead atoms. The summed E-state index contributed by atoms with van der Waals surface area (Å²) in [5.41, 5.74) is 0. The number of aromatic hydroxyl groups is 1. The molecule has 0 spiro atoms. The Kier molecular flexibility index (Phi) is 3.89. The molecule has 1 aromatic rings. The lowest BCUT2D eigenvalue weighted by Crippen LogP contribution is -2.35. The Balaban J connectivity index is 2.33. The number of phenolic OH excluding ortho intramolecular Hbond substituents is 1. The molecule has 1 aliphatic heterocycles. The zero-order valence-electron chi connectivity index (χ0n) is 10.2. The van der Waals surface area contributed by atoms with Gasteiger partial charge in [-0.2, -0.15) is 4.31 Å². The summed E-state index contributed by atoms with van der Waals surface area (Å²) in [5.74, 6) is -0.213. The van der Waals surface area contributed by atoms with Crippen LogP contribution in [0.4, 0.5) is 0 Å². The highest BCUT2D eigenvalue weighted by Crippen LogP contribution is 2.26. The zero-order valence-corrected chi connectivity index (χ0v) is 11.1. The maximum atomic E-state index is 12.4. The van der Waals surface area contributed by atoms with Crippen molar-refractivity contribution >= 4 is 10.0 Å². The molecule has 2 rings (SSSR count). The molecule has 0 radical (unpaired) electrons. The normalized spacial score (nSPS) is 22.6. The summed E-state index contributed by atoms with van der Waals surface area (Å²) in [6, 6.07) is 6.00. The van der Waals surface area contributed by atoms with Crippen molar-refractivity contribution in [1.29, 1.82) is 0 Å². The van der Waals surface area contributed by atoms with Gasteiger partial charge in [0.05, 0.1) is 6.10 Å². The van der Waals surface area contributed by atoms with E-state index in [-0.39, 0.29) is 16.7 Å². The van der Waals surface area contributed by atoms with Crippen LogP contribution in [0.2, 0.25) is 0 Å². The number of hydrogen-bond donors (Lipinski definition) is 1. The summed E-state index contributed by atoms with van der Waals surface area (Å²) < 4.78 is 31.6. The molecule has 1 N–H and O–H groups in total. The van der Waals surface area contributed by atoms with E-state index in [0.717, 1.165) is 0 Å². The fourth-order valence-corrected chi connectivity index (χ4v) is 3.63. The van der Waals surface area contributed by atoms with Crippen LogP contribution < -0.4 is 0 Å². The van der Waals surface area contributed by atoms with Crippen LogP contribution in [0.3, 0.4) is 0 Å². The number of phenols is 1. The Labute approximate surface area is 107 Å². The lowest BCUT2D eigenvalue weighted by molar-refractivity contribution is 0.0752. The summed E-state index contributed by atoms with van der Waals surface area (Å²) in [6.07, 6.45) is 0.532. The molecule has 1 heterocycles. The largest absolute Gasteiger partial charge is 0.507 e. The Bertz CT molecular complexity index is 515. The third-order valence-electron chi connectivity index (χ3n) is 2.90. The standard InChI is InChI=1S/C12H17NO4S/c1-10-9-13(7-4-8-17-10)18(15,16)12-6-3-2-5-11(12)14/h2-3,5-6,10,14H,4,7-9H2,1H3. The van der Waals surface area contributed by atoms with Crippen LogP contribution in [-0.4, -0.2) is 43.6 Å². The van der Waals surface area contributed by atoms with Crippen LogP contribution in [0.15, 0.2) is 29.2 Å². The van der Waals surface area contributed by atoms with Crippen LogP contribution in [0.25, 0.3) is 0 Å². The van der Waals surface area contributed by atoms with Crippen molar-refractivity contribution in [1.82, 2.24) is 4.31 Å². The highest BCUT2D eigenvalue weighted by Gasteiger charge is 2.29. The molecule has 1 unspecified atom stereocenters. The summed E-state index contributed by atoms with van der Waals surface area (Å²) >= 11 is 0. The zero-order chi connectivity index (χ0) is 13.2. The van der Waals surface area contributed by atoms with Gasteiger partial charge in [0.1, 0.15) is 10.6 Å². The second kappa shape index (κ2) is 5.26. The van der Waals surface area contributed by atoms with Crippen LogP contribution in [-0.2, 0) is 14.8 Å². The molecular formula is C12H17NO4S. The van der Waals surface area contributed by atoms with E-state index in [4.69, 9.17) is 4.74 Å². The molecule has 100 valence electrons. The Morgan fingerprint density at radius 2 is 2.11 bits per heavy atom. The van der Waals surface area contributed by atoms with Crippen molar-refractivity contribution in [3.05, 3.63) is 24.3 Å². The number of nitrogens with zero attached hydrogens (tertiary/aromatic N) is 1. The fourth-order valence-electron chi connectivity index (χ4n) is 1.99. The van der Waals surface area contributed by atoms with Gasteiger partial charge in [-0.3, -0.25) is 0 Å². The number of hydrogen-bond acceptors (Lipinski definition) is 4. The first-order chi connectivity index (χ1) is 8.51. The van der Waals surface area contributed by atoms with E-state index in [1.807, 2.05) is 6.92 Å². The molecule has 0 aliphatic carbocycles. The van der Waals surface area contributed by atoms with Crippen LogP contribution >= 0.6 is 0 Å². The molecule has 0 aromatic heterocycles. The Morgan fingerprint density at radius 3 is 2.83 bits per heavy atom. The predicted molar refractivity (Wildman–Crippen MR) is 66.9 cm³/mol. The molecule has 0 amide bonds. The van der Waals surface area contributed by atoms with Crippen LogP contribution in [0.5, 0.6) is 5.75 Å². The van der Waals surface area contributed by atoms with E-state index in [0.29, 0.717) is 26.1 Å². The molecule has 1 aliphatic rings. The van der Waals surface area contributed by atoms with E-state index in [1.54, 1.807) is 12.1 Å². The fraction of sp³-hybridized carbons (Fsp3) is 0.500. The second-order valence-electron chi connectivity index (χ2n) is 4.37. The van der Waals surface area contributed by atoms with E-state index in [9.17, 15) is 13.5 Å². The Hall–Kier alpha value is -1.11. The highest BCUT2D eigenvalue weighted by atomic mass is 32.2. The van der Waals surface area contributed by atoms with Gasteiger partial charge >= 0.3 is 0 Å². The van der Waals surface area contributed by atoms with Gasteiger partial charge in [-0.25, -0.2) is 8.42 Å². The minimum Gasteiger partial charge on any atom is -0.507 e. The third kappa shape index (κ3) is 2.66. The van der Waals surface area contributed by atoms with Gasteiger partial charge in [0, 0.05) is 19.7 Å². The van der Waals surface area contributed by atoms with Gasteiger partial charge < -0.3 is 9.84 Å². The summed E-state index contributed by atoms with van der Waals surface area (Å²) in [4.78, 5) is -0.0425. The second-order valence-corrected chi connectivity index (χ2v) is 6.27. The van der Waals surface area contributed by atoms with Crippen molar-refractivity contribution in [3.8, 4) is 5.75 Å². The van der Waals surface area contributed by atoms with Crippen molar-refractivity contribution < 1.29 is 18.3 Å². The Morgan fingerprint density at radius 1 is 1.39 bits per heavy atom. The lowest BCUT2D eigenvalue weighted by Gasteiger charge is -2.22. The number of benzene rings is 1. The monoisotopic (exact) mass is 271 g/mol. The summed E-state index contributed by atoms with van der Waals surface area (Å²) in [6.45, 7) is 3.14. The van der Waals surface area contributed by atoms with Gasteiger partial charge in [-0.15, -0.1) is 0 Å². The van der Waals surface area contributed by atoms with Gasteiger partial charge in [-0.05, 0) is 25.5 Å². The molecule has 1 atom stereocenters. The smallest absolute Gasteiger partial charge is 0.246 e. The highest BCUT2D eigenvalue weighted by molar-refractivity contribution is 7.89. The summed E-state index contributed by atoms with van der Waals surface area (Å²) in [5, 5.41) is 9.68. The molecule has 5 nitrogen and oxygen atoms in total. The van der Waals surface area contributed by atoms with Crippen molar-refractivity contribution in [2.75, 3.05) is 19.7 Å². The average Bonchev–Trinajstić information content (AvgIpc) is 2.54. The number of sulfonamides is 1. The maximum Gasteiger partial charge on any atom is 0.246 e. The first-order valence-electron chi connectivity index (χ1n) is 5.91. The lowest BCUT2D eigenvalue weighted by atomic mass is 10.3. The van der Waals surface area contributed by atoms with E-state index < -0.39 is 10.0 Å². The molecule has 0 saturated carbocycles. The van der Waals surface area contributed by atoms with Gasteiger partial charge in [-0.1, -0.05) is 12.1 Å². The number of para-hydroxylation sites is 1. The third-order valence-corrected chi connectivity index (χ3v) is 4.81. The SMILES string of the molecule is CC1CN(S(=O)(=O)c2ccccc2O)CCCO1. The number of ether oxygens (including phenoxy) is 1. The van der Waals surface area contributed by atoms with Gasteiger partial charge in [0.2, 0.25) is 10.0 Å².